The number of rotatable bonds is 5. The summed E-state index contributed by atoms with van der Waals surface area (Å²) < 4.78 is 0. The Hall–Kier alpha value is -1.87. The second kappa shape index (κ2) is 6.34. The van der Waals surface area contributed by atoms with E-state index in [2.05, 4.69) is 48.1 Å². The van der Waals surface area contributed by atoms with Gasteiger partial charge in [-0.05, 0) is 23.6 Å². The highest BCUT2D eigenvalue weighted by molar-refractivity contribution is 5.46. The first-order chi connectivity index (χ1) is 9.24. The molecular weight excluding hydrogens is 234 g/mol. The van der Waals surface area contributed by atoms with Gasteiger partial charge in [0.15, 0.2) is 0 Å². The summed E-state index contributed by atoms with van der Waals surface area (Å²) in [6.07, 6.45) is 2.89. The molecule has 3 heteroatoms. The number of aryl methyl sites for hydroxylation is 1. The van der Waals surface area contributed by atoms with Crippen LogP contribution in [0.25, 0.3) is 0 Å². The summed E-state index contributed by atoms with van der Waals surface area (Å²) in [4.78, 5) is 6.57. The highest BCUT2D eigenvalue weighted by atomic mass is 15.2. The number of benzene rings is 1. The summed E-state index contributed by atoms with van der Waals surface area (Å²) in [6, 6.07) is 12.7. The van der Waals surface area contributed by atoms with Crippen molar-refractivity contribution in [2.45, 2.75) is 26.4 Å². The van der Waals surface area contributed by atoms with E-state index in [0.717, 1.165) is 24.3 Å². The van der Waals surface area contributed by atoms with Crippen LogP contribution in [0.4, 0.5) is 5.82 Å². The van der Waals surface area contributed by atoms with Gasteiger partial charge in [0.05, 0.1) is 0 Å². The normalized spacial score (nSPS) is 10.5. The quantitative estimate of drug-likeness (QED) is 0.893. The van der Waals surface area contributed by atoms with Crippen molar-refractivity contribution in [2.75, 3.05) is 11.9 Å². The standard InChI is InChI=1S/C16H21N3/c1-3-13-6-8-14(9-7-13)12-19(2)16-15(11-17)5-4-10-18-16/h4-10H,3,11-12,17H2,1-2H3. The minimum atomic E-state index is 0.516. The largest absolute Gasteiger partial charge is 0.355 e. The molecule has 0 aliphatic rings. The van der Waals surface area contributed by atoms with Crippen molar-refractivity contribution < 1.29 is 0 Å². The maximum Gasteiger partial charge on any atom is 0.133 e. The fraction of sp³-hybridized carbons (Fsp3) is 0.312. The van der Waals surface area contributed by atoms with Crippen LogP contribution in [0.3, 0.4) is 0 Å². The number of anilines is 1. The number of nitrogens with zero attached hydrogens (tertiary/aromatic N) is 2. The molecule has 0 saturated heterocycles. The average Bonchev–Trinajstić information content (AvgIpc) is 2.48. The first-order valence-electron chi connectivity index (χ1n) is 6.67. The van der Waals surface area contributed by atoms with Crippen molar-refractivity contribution in [1.82, 2.24) is 4.98 Å². The molecule has 2 N–H and O–H groups in total. The lowest BCUT2D eigenvalue weighted by molar-refractivity contribution is 0.875. The molecule has 0 aliphatic carbocycles. The number of hydrogen-bond acceptors (Lipinski definition) is 3. The third-order valence-corrected chi connectivity index (χ3v) is 3.30. The van der Waals surface area contributed by atoms with E-state index in [1.54, 1.807) is 0 Å². The molecule has 100 valence electrons. The van der Waals surface area contributed by atoms with Gasteiger partial charge in [-0.3, -0.25) is 0 Å². The summed E-state index contributed by atoms with van der Waals surface area (Å²) in [5, 5.41) is 0. The van der Waals surface area contributed by atoms with Crippen molar-refractivity contribution in [3.63, 3.8) is 0 Å². The van der Waals surface area contributed by atoms with Gasteiger partial charge in [0, 0.05) is 31.9 Å². The Balaban J connectivity index is 2.13. The zero-order valence-corrected chi connectivity index (χ0v) is 11.6. The maximum atomic E-state index is 5.75. The summed E-state index contributed by atoms with van der Waals surface area (Å²) in [7, 11) is 2.05. The Labute approximate surface area is 115 Å². The first kappa shape index (κ1) is 13.6. The Kier molecular flexibility index (Phi) is 4.53. The zero-order chi connectivity index (χ0) is 13.7. The molecular formula is C16H21N3. The van der Waals surface area contributed by atoms with Gasteiger partial charge in [-0.2, -0.15) is 0 Å². The number of aromatic nitrogens is 1. The van der Waals surface area contributed by atoms with E-state index in [1.807, 2.05) is 18.3 Å². The van der Waals surface area contributed by atoms with Crippen molar-refractivity contribution in [2.24, 2.45) is 5.73 Å². The summed E-state index contributed by atoms with van der Waals surface area (Å²) >= 11 is 0. The maximum absolute atomic E-state index is 5.75. The molecule has 2 aromatic rings. The summed E-state index contributed by atoms with van der Waals surface area (Å²) in [5.41, 5.74) is 9.48. The molecule has 0 unspecified atom stereocenters. The third kappa shape index (κ3) is 3.32. The zero-order valence-electron chi connectivity index (χ0n) is 11.6. The van der Waals surface area contributed by atoms with Crippen LogP contribution in [0, 0.1) is 0 Å². The van der Waals surface area contributed by atoms with Gasteiger partial charge in [0.1, 0.15) is 5.82 Å². The predicted molar refractivity (Wildman–Crippen MR) is 80.1 cm³/mol. The van der Waals surface area contributed by atoms with E-state index in [-0.39, 0.29) is 0 Å². The monoisotopic (exact) mass is 255 g/mol. The summed E-state index contributed by atoms with van der Waals surface area (Å²) in [5.74, 6) is 0.963. The van der Waals surface area contributed by atoms with E-state index in [1.165, 1.54) is 11.1 Å². The van der Waals surface area contributed by atoms with Crippen LogP contribution in [-0.4, -0.2) is 12.0 Å². The molecule has 0 bridgehead atoms. The number of hydrogen-bond donors (Lipinski definition) is 1. The fourth-order valence-corrected chi connectivity index (χ4v) is 2.16. The molecule has 0 aliphatic heterocycles. The molecule has 0 amide bonds. The van der Waals surface area contributed by atoms with Gasteiger partial charge in [-0.1, -0.05) is 37.3 Å². The molecule has 3 nitrogen and oxygen atoms in total. The lowest BCUT2D eigenvalue weighted by atomic mass is 10.1. The van der Waals surface area contributed by atoms with Gasteiger partial charge in [0.2, 0.25) is 0 Å². The van der Waals surface area contributed by atoms with Crippen LogP contribution in [-0.2, 0) is 19.5 Å². The number of nitrogens with two attached hydrogens (primary N) is 1. The lowest BCUT2D eigenvalue weighted by Gasteiger charge is -2.20. The van der Waals surface area contributed by atoms with Gasteiger partial charge >= 0.3 is 0 Å². The van der Waals surface area contributed by atoms with Crippen LogP contribution in [0.15, 0.2) is 42.6 Å². The molecule has 0 spiro atoms. The molecule has 19 heavy (non-hydrogen) atoms. The van der Waals surface area contributed by atoms with Crippen LogP contribution in [0.1, 0.15) is 23.6 Å². The summed E-state index contributed by atoms with van der Waals surface area (Å²) in [6.45, 7) is 3.53. The smallest absolute Gasteiger partial charge is 0.133 e. The van der Waals surface area contributed by atoms with Crippen molar-refractivity contribution in [1.29, 1.82) is 0 Å². The van der Waals surface area contributed by atoms with Gasteiger partial charge in [-0.25, -0.2) is 4.98 Å². The van der Waals surface area contributed by atoms with E-state index in [9.17, 15) is 0 Å². The van der Waals surface area contributed by atoms with E-state index in [4.69, 9.17) is 5.73 Å². The molecule has 2 rings (SSSR count). The highest BCUT2D eigenvalue weighted by Crippen LogP contribution is 2.17. The minimum absolute atomic E-state index is 0.516. The minimum Gasteiger partial charge on any atom is -0.355 e. The Morgan fingerprint density at radius 3 is 2.42 bits per heavy atom. The molecule has 0 atom stereocenters. The van der Waals surface area contributed by atoms with Crippen LogP contribution in [0.2, 0.25) is 0 Å². The molecule has 0 saturated carbocycles. The second-order valence-electron chi connectivity index (χ2n) is 4.72. The fourth-order valence-electron chi connectivity index (χ4n) is 2.16. The third-order valence-electron chi connectivity index (χ3n) is 3.30. The van der Waals surface area contributed by atoms with Gasteiger partial charge in [-0.15, -0.1) is 0 Å². The molecule has 1 heterocycles. The van der Waals surface area contributed by atoms with E-state index >= 15 is 0 Å². The first-order valence-corrected chi connectivity index (χ1v) is 6.67. The van der Waals surface area contributed by atoms with Gasteiger partial charge < -0.3 is 10.6 Å². The van der Waals surface area contributed by atoms with Crippen LogP contribution < -0.4 is 10.6 Å². The molecule has 0 fully saturated rings. The van der Waals surface area contributed by atoms with E-state index < -0.39 is 0 Å². The van der Waals surface area contributed by atoms with Crippen LogP contribution >= 0.6 is 0 Å². The van der Waals surface area contributed by atoms with E-state index in [0.29, 0.717) is 6.54 Å². The molecule has 0 radical (unpaired) electrons. The highest BCUT2D eigenvalue weighted by Gasteiger charge is 2.07. The number of pyridine rings is 1. The molecule has 1 aromatic heterocycles. The van der Waals surface area contributed by atoms with Gasteiger partial charge in [0.25, 0.3) is 0 Å². The predicted octanol–water partition coefficient (Wildman–Crippen LogP) is 2.74. The average molecular weight is 255 g/mol. The Bertz CT molecular complexity index is 520. The van der Waals surface area contributed by atoms with Crippen molar-refractivity contribution in [3.8, 4) is 0 Å². The Morgan fingerprint density at radius 2 is 1.79 bits per heavy atom. The van der Waals surface area contributed by atoms with Crippen molar-refractivity contribution >= 4 is 5.82 Å². The Morgan fingerprint density at radius 1 is 1.11 bits per heavy atom. The second-order valence-corrected chi connectivity index (χ2v) is 4.72. The topological polar surface area (TPSA) is 42.2 Å². The molecule has 1 aromatic carbocycles. The van der Waals surface area contributed by atoms with Crippen molar-refractivity contribution in [3.05, 3.63) is 59.3 Å². The SMILES string of the molecule is CCc1ccc(CN(C)c2ncccc2CN)cc1. The lowest BCUT2D eigenvalue weighted by Crippen LogP contribution is -2.20. The van der Waals surface area contributed by atoms with Crippen LogP contribution in [0.5, 0.6) is 0 Å².